The lowest BCUT2D eigenvalue weighted by Crippen LogP contribution is -2.55. The van der Waals surface area contributed by atoms with Crippen LogP contribution >= 0.6 is 0 Å². The third-order valence-electron chi connectivity index (χ3n) is 7.39. The fourth-order valence-corrected chi connectivity index (χ4v) is 5.23. The largest absolute Gasteiger partial charge is 0.496 e. The highest BCUT2D eigenvalue weighted by Crippen LogP contribution is 2.36. The summed E-state index contributed by atoms with van der Waals surface area (Å²) in [6.45, 7) is 3.29. The Balaban J connectivity index is 1.42. The number of carbonyl (C=O) groups excluding carboxylic acids is 4. The van der Waals surface area contributed by atoms with Gasteiger partial charge in [-0.25, -0.2) is 4.79 Å². The average molecular weight is 557 g/mol. The van der Waals surface area contributed by atoms with Crippen molar-refractivity contribution in [2.75, 3.05) is 38.6 Å². The van der Waals surface area contributed by atoms with E-state index in [4.69, 9.17) is 9.47 Å². The van der Waals surface area contributed by atoms with Gasteiger partial charge >= 0.3 is 6.09 Å². The highest BCUT2D eigenvalue weighted by Gasteiger charge is 2.48. The van der Waals surface area contributed by atoms with Crippen molar-refractivity contribution in [3.05, 3.63) is 95.6 Å². The van der Waals surface area contributed by atoms with Gasteiger partial charge in [-0.1, -0.05) is 54.6 Å². The molecule has 0 aromatic heterocycles. The number of piperazine rings is 1. The number of nitrogens with zero attached hydrogens (tertiary/aromatic N) is 3. The van der Waals surface area contributed by atoms with Crippen LogP contribution in [0.25, 0.3) is 0 Å². The second-order valence-electron chi connectivity index (χ2n) is 9.97. The summed E-state index contributed by atoms with van der Waals surface area (Å²) in [5, 5.41) is 2.88. The normalized spacial score (nSPS) is 18.6. The first-order chi connectivity index (χ1) is 19.9. The van der Waals surface area contributed by atoms with E-state index in [1.54, 1.807) is 58.3 Å². The molecule has 0 spiro atoms. The van der Waals surface area contributed by atoms with Gasteiger partial charge < -0.3 is 24.6 Å². The molecule has 2 unspecified atom stereocenters. The van der Waals surface area contributed by atoms with Crippen molar-refractivity contribution in [1.29, 1.82) is 0 Å². The van der Waals surface area contributed by atoms with Crippen LogP contribution in [0.1, 0.15) is 34.5 Å². The number of carbonyl (C=O) groups is 4. The van der Waals surface area contributed by atoms with Gasteiger partial charge in [0.25, 0.3) is 5.91 Å². The predicted octanol–water partition coefficient (Wildman–Crippen LogP) is 3.70. The van der Waals surface area contributed by atoms with Gasteiger partial charge in [0.05, 0.1) is 19.2 Å². The zero-order valence-electron chi connectivity index (χ0n) is 23.0. The zero-order valence-corrected chi connectivity index (χ0v) is 23.0. The lowest BCUT2D eigenvalue weighted by Gasteiger charge is -2.37. The number of hydrogen-bond acceptors (Lipinski definition) is 6. The molecule has 3 aromatic rings. The molecule has 2 fully saturated rings. The highest BCUT2D eigenvalue weighted by molar-refractivity contribution is 6.06. The molecule has 1 N–H and O–H groups in total. The number of rotatable bonds is 7. The maximum atomic E-state index is 14.0. The number of anilines is 1. The summed E-state index contributed by atoms with van der Waals surface area (Å²) in [5.41, 5.74) is 2.30. The van der Waals surface area contributed by atoms with E-state index < -0.39 is 18.2 Å². The van der Waals surface area contributed by atoms with Crippen LogP contribution in [0.15, 0.2) is 78.9 Å². The Hall–Kier alpha value is -4.86. The van der Waals surface area contributed by atoms with Gasteiger partial charge in [-0.15, -0.1) is 0 Å². The van der Waals surface area contributed by atoms with Crippen LogP contribution in [0.4, 0.5) is 10.5 Å². The minimum absolute atomic E-state index is 0.0351. The maximum Gasteiger partial charge on any atom is 0.411 e. The molecule has 212 valence electrons. The zero-order chi connectivity index (χ0) is 28.9. The minimum atomic E-state index is -0.924. The summed E-state index contributed by atoms with van der Waals surface area (Å²) in [4.78, 5) is 56.9. The number of ether oxygens (including phenoxy) is 2. The van der Waals surface area contributed by atoms with Crippen molar-refractivity contribution in [3.63, 3.8) is 0 Å². The van der Waals surface area contributed by atoms with Gasteiger partial charge in [0.15, 0.2) is 12.1 Å². The highest BCUT2D eigenvalue weighted by atomic mass is 16.6. The molecule has 4 amide bonds. The van der Waals surface area contributed by atoms with Crippen LogP contribution in [0.3, 0.4) is 0 Å². The van der Waals surface area contributed by atoms with Gasteiger partial charge in [0.1, 0.15) is 5.75 Å². The SMILES string of the molecule is COc1ccccc1C(=O)Nc1cccc(C2OC(=O)N(Cc3ccccc3)C2C(=O)N2CCN(C(C)=O)CC2)c1. The molecule has 0 saturated carbocycles. The number of para-hydroxylation sites is 1. The van der Waals surface area contributed by atoms with E-state index in [0.717, 1.165) is 5.56 Å². The van der Waals surface area contributed by atoms with Gasteiger partial charge in [-0.3, -0.25) is 19.3 Å². The summed E-state index contributed by atoms with van der Waals surface area (Å²) in [6.07, 6.45) is -1.49. The molecule has 0 radical (unpaired) electrons. The smallest absolute Gasteiger partial charge is 0.411 e. The monoisotopic (exact) mass is 556 g/mol. The summed E-state index contributed by atoms with van der Waals surface area (Å²) < 4.78 is 11.2. The Morgan fingerprint density at radius 2 is 1.59 bits per heavy atom. The first-order valence-corrected chi connectivity index (χ1v) is 13.5. The summed E-state index contributed by atoms with van der Waals surface area (Å²) >= 11 is 0. The van der Waals surface area contributed by atoms with E-state index in [1.165, 1.54) is 18.9 Å². The van der Waals surface area contributed by atoms with Gasteiger partial charge in [0, 0.05) is 38.8 Å². The topological polar surface area (TPSA) is 108 Å². The van der Waals surface area contributed by atoms with Crippen molar-refractivity contribution in [1.82, 2.24) is 14.7 Å². The molecule has 2 heterocycles. The van der Waals surface area contributed by atoms with E-state index in [9.17, 15) is 19.2 Å². The molecular weight excluding hydrogens is 524 g/mol. The van der Waals surface area contributed by atoms with Crippen LogP contribution in [0, 0.1) is 0 Å². The first-order valence-electron chi connectivity index (χ1n) is 13.5. The number of hydrogen-bond donors (Lipinski definition) is 1. The molecule has 0 bridgehead atoms. The van der Waals surface area contributed by atoms with Crippen molar-refractivity contribution < 1.29 is 28.7 Å². The molecule has 2 saturated heterocycles. The Labute approximate surface area is 238 Å². The van der Waals surface area contributed by atoms with Gasteiger partial charge in [-0.2, -0.15) is 0 Å². The van der Waals surface area contributed by atoms with Crippen LogP contribution in [0.5, 0.6) is 5.75 Å². The second kappa shape index (κ2) is 12.1. The Bertz CT molecular complexity index is 1440. The molecule has 41 heavy (non-hydrogen) atoms. The van der Waals surface area contributed by atoms with Gasteiger partial charge in [0.2, 0.25) is 11.8 Å². The number of nitrogens with one attached hydrogen (secondary N) is 1. The van der Waals surface area contributed by atoms with Crippen LogP contribution in [-0.4, -0.2) is 77.8 Å². The lowest BCUT2D eigenvalue weighted by molar-refractivity contribution is -0.142. The molecule has 2 aliphatic rings. The van der Waals surface area contributed by atoms with Crippen molar-refractivity contribution in [2.24, 2.45) is 0 Å². The van der Waals surface area contributed by atoms with E-state index >= 15 is 0 Å². The van der Waals surface area contributed by atoms with Gasteiger partial charge in [-0.05, 0) is 35.4 Å². The predicted molar refractivity (Wildman–Crippen MR) is 151 cm³/mol. The van der Waals surface area contributed by atoms with E-state index in [-0.39, 0.29) is 24.3 Å². The van der Waals surface area contributed by atoms with Crippen LogP contribution in [-0.2, 0) is 20.9 Å². The average Bonchev–Trinajstić information content (AvgIpc) is 3.32. The Kier molecular flexibility index (Phi) is 8.19. The van der Waals surface area contributed by atoms with Crippen molar-refractivity contribution >= 4 is 29.5 Å². The number of benzene rings is 3. The molecule has 2 atom stereocenters. The fourth-order valence-electron chi connectivity index (χ4n) is 5.23. The standard InChI is InChI=1S/C31H32N4O6/c1-21(36)33-15-17-34(18-16-33)30(38)27-28(41-31(39)35(27)20-22-9-4-3-5-10-22)23-11-8-12-24(19-23)32-29(37)25-13-6-7-14-26(25)40-2/h3-14,19,27-28H,15-18,20H2,1-2H3,(H,32,37). The number of methoxy groups -OCH3 is 1. The molecule has 10 nitrogen and oxygen atoms in total. The molecule has 5 rings (SSSR count). The maximum absolute atomic E-state index is 14.0. The molecule has 3 aromatic carbocycles. The Morgan fingerprint density at radius 3 is 2.29 bits per heavy atom. The minimum Gasteiger partial charge on any atom is -0.496 e. The molecule has 0 aliphatic carbocycles. The second-order valence-corrected chi connectivity index (χ2v) is 9.97. The lowest BCUT2D eigenvalue weighted by atomic mass is 9.99. The molecular formula is C31H32N4O6. The quantitative estimate of drug-likeness (QED) is 0.476. The summed E-state index contributed by atoms with van der Waals surface area (Å²) in [5.74, 6) is -0.196. The third-order valence-corrected chi connectivity index (χ3v) is 7.39. The van der Waals surface area contributed by atoms with E-state index in [0.29, 0.717) is 48.7 Å². The van der Waals surface area contributed by atoms with Crippen molar-refractivity contribution in [3.8, 4) is 5.75 Å². The van der Waals surface area contributed by atoms with Crippen LogP contribution < -0.4 is 10.1 Å². The third kappa shape index (κ3) is 6.01. The summed E-state index contributed by atoms with van der Waals surface area (Å²) in [6, 6.07) is 22.4. The first kappa shape index (κ1) is 27.7. The van der Waals surface area contributed by atoms with Crippen LogP contribution in [0.2, 0.25) is 0 Å². The summed E-state index contributed by atoms with van der Waals surface area (Å²) in [7, 11) is 1.50. The Morgan fingerprint density at radius 1 is 0.902 bits per heavy atom. The van der Waals surface area contributed by atoms with E-state index in [2.05, 4.69) is 5.32 Å². The fraction of sp³-hybridized carbons (Fsp3) is 0.290. The number of cyclic esters (lactones) is 1. The number of amides is 4. The van der Waals surface area contributed by atoms with E-state index in [1.807, 2.05) is 30.3 Å². The molecule has 2 aliphatic heterocycles. The molecule has 10 heteroatoms. The van der Waals surface area contributed by atoms with Crippen molar-refractivity contribution in [2.45, 2.75) is 25.6 Å².